The second-order valence-electron chi connectivity index (χ2n) is 3.35. The van der Waals surface area contributed by atoms with Gasteiger partial charge in [0, 0.05) is 6.20 Å². The molecule has 0 spiro atoms. The molecule has 0 saturated heterocycles. The normalized spacial score (nSPS) is 11.9. The van der Waals surface area contributed by atoms with Crippen LogP contribution in [0.5, 0.6) is 5.75 Å². The van der Waals surface area contributed by atoms with Gasteiger partial charge in [-0.25, -0.2) is 4.98 Å². The van der Waals surface area contributed by atoms with Gasteiger partial charge in [0.25, 0.3) is 0 Å². The summed E-state index contributed by atoms with van der Waals surface area (Å²) < 4.78 is 39.6. The summed E-state index contributed by atoms with van der Waals surface area (Å²) in [5, 5.41) is 0. The maximum atomic E-state index is 11.9. The fraction of sp³-hybridized carbons (Fsp3) is 0.444. The van der Waals surface area contributed by atoms with Crippen LogP contribution in [0.2, 0.25) is 0 Å². The van der Waals surface area contributed by atoms with E-state index in [0.29, 0.717) is 5.56 Å². The monoisotopic (exact) mass is 220 g/mol. The topological polar surface area (TPSA) is 48.1 Å². The zero-order valence-electron chi connectivity index (χ0n) is 8.30. The summed E-state index contributed by atoms with van der Waals surface area (Å²) in [6.07, 6.45) is -3.31. The van der Waals surface area contributed by atoms with Crippen LogP contribution in [0, 0.1) is 0 Å². The smallest absolute Gasteiger partial charge is 0.402 e. The minimum Gasteiger partial charge on any atom is -0.402 e. The van der Waals surface area contributed by atoms with Crippen molar-refractivity contribution in [3.63, 3.8) is 0 Å². The molecule has 1 rings (SSSR count). The molecule has 2 N–H and O–H groups in total. The Morgan fingerprint density at radius 1 is 1.40 bits per heavy atom. The van der Waals surface area contributed by atoms with E-state index in [9.17, 15) is 13.2 Å². The van der Waals surface area contributed by atoms with Gasteiger partial charge in [-0.05, 0) is 17.5 Å². The maximum Gasteiger partial charge on any atom is 0.573 e. The molecular weight excluding hydrogens is 209 g/mol. The lowest BCUT2D eigenvalue weighted by Gasteiger charge is -2.12. The van der Waals surface area contributed by atoms with Gasteiger partial charge in [-0.3, -0.25) is 0 Å². The van der Waals surface area contributed by atoms with Crippen molar-refractivity contribution in [3.05, 3.63) is 17.8 Å². The molecule has 0 radical (unpaired) electrons. The van der Waals surface area contributed by atoms with E-state index in [0.717, 1.165) is 0 Å². The van der Waals surface area contributed by atoms with Crippen molar-refractivity contribution >= 4 is 5.82 Å². The highest BCUT2D eigenvalue weighted by Crippen LogP contribution is 2.29. The van der Waals surface area contributed by atoms with E-state index in [4.69, 9.17) is 5.73 Å². The zero-order valence-corrected chi connectivity index (χ0v) is 8.30. The molecule has 0 aliphatic heterocycles. The summed E-state index contributed by atoms with van der Waals surface area (Å²) in [4.78, 5) is 3.64. The first-order valence-corrected chi connectivity index (χ1v) is 4.31. The quantitative estimate of drug-likeness (QED) is 0.833. The molecule has 0 aliphatic carbocycles. The Kier molecular flexibility index (Phi) is 3.06. The van der Waals surface area contributed by atoms with Crippen LogP contribution in [0.3, 0.4) is 0 Å². The Morgan fingerprint density at radius 2 is 2.00 bits per heavy atom. The summed E-state index contributed by atoms with van der Waals surface area (Å²) in [6, 6.07) is 1.25. The predicted octanol–water partition coefficient (Wildman–Crippen LogP) is 2.69. The van der Waals surface area contributed by atoms with Gasteiger partial charge in [0.1, 0.15) is 0 Å². The standard InChI is InChI=1S/C9H11F3N2O/c1-5(2)6-3-7(8(13)14-4-6)15-9(10,11)12/h3-5H,1-2H3,(H2,13,14). The lowest BCUT2D eigenvalue weighted by molar-refractivity contribution is -0.274. The Labute approximate surface area is 85.1 Å². The fourth-order valence-electron chi connectivity index (χ4n) is 0.992. The van der Waals surface area contributed by atoms with E-state index in [2.05, 4.69) is 9.72 Å². The van der Waals surface area contributed by atoms with Crippen LogP contribution >= 0.6 is 0 Å². The van der Waals surface area contributed by atoms with E-state index in [-0.39, 0.29) is 11.7 Å². The lowest BCUT2D eigenvalue weighted by Crippen LogP contribution is -2.18. The van der Waals surface area contributed by atoms with E-state index >= 15 is 0 Å². The number of nitrogens with two attached hydrogens (primary N) is 1. The van der Waals surface area contributed by atoms with Crippen LogP contribution in [0.4, 0.5) is 19.0 Å². The first-order chi connectivity index (χ1) is 6.79. The highest BCUT2D eigenvalue weighted by atomic mass is 19.4. The van der Waals surface area contributed by atoms with Gasteiger partial charge >= 0.3 is 6.36 Å². The molecule has 3 nitrogen and oxygen atoms in total. The molecule has 84 valence electrons. The first kappa shape index (κ1) is 11.6. The van der Waals surface area contributed by atoms with Gasteiger partial charge in [0.05, 0.1) is 0 Å². The molecule has 15 heavy (non-hydrogen) atoms. The second kappa shape index (κ2) is 3.96. The number of hydrogen-bond acceptors (Lipinski definition) is 3. The summed E-state index contributed by atoms with van der Waals surface area (Å²) >= 11 is 0. The van der Waals surface area contributed by atoms with E-state index in [1.54, 1.807) is 0 Å². The van der Waals surface area contributed by atoms with Gasteiger partial charge in [-0.1, -0.05) is 13.8 Å². The van der Waals surface area contributed by atoms with Crippen molar-refractivity contribution in [2.24, 2.45) is 0 Å². The Morgan fingerprint density at radius 3 is 2.47 bits per heavy atom. The average molecular weight is 220 g/mol. The van der Waals surface area contributed by atoms with Crippen LogP contribution in [-0.4, -0.2) is 11.3 Å². The molecule has 0 atom stereocenters. The molecule has 6 heteroatoms. The minimum absolute atomic E-state index is 0.0636. The SMILES string of the molecule is CC(C)c1cnc(N)c(OC(F)(F)F)c1. The highest BCUT2D eigenvalue weighted by molar-refractivity contribution is 5.47. The van der Waals surface area contributed by atoms with Crippen molar-refractivity contribution in [2.75, 3.05) is 5.73 Å². The predicted molar refractivity (Wildman–Crippen MR) is 49.4 cm³/mol. The number of hydrogen-bond donors (Lipinski definition) is 1. The first-order valence-electron chi connectivity index (χ1n) is 4.31. The summed E-state index contributed by atoms with van der Waals surface area (Å²) in [5.41, 5.74) is 5.90. The Balaban J connectivity index is 3.01. The largest absolute Gasteiger partial charge is 0.573 e. The summed E-state index contributed by atoms with van der Waals surface area (Å²) in [5.74, 6) is -0.654. The van der Waals surface area contributed by atoms with Gasteiger partial charge in [-0.2, -0.15) is 0 Å². The Bertz CT molecular complexity index is 350. The van der Waals surface area contributed by atoms with Crippen molar-refractivity contribution in [1.82, 2.24) is 4.98 Å². The highest BCUT2D eigenvalue weighted by Gasteiger charge is 2.32. The number of halogens is 3. The number of alkyl halides is 3. The minimum atomic E-state index is -4.74. The van der Waals surface area contributed by atoms with Gasteiger partial charge < -0.3 is 10.5 Å². The molecule has 1 heterocycles. The van der Waals surface area contributed by atoms with E-state index in [1.807, 2.05) is 13.8 Å². The van der Waals surface area contributed by atoms with Crippen LogP contribution in [0.15, 0.2) is 12.3 Å². The van der Waals surface area contributed by atoms with E-state index in [1.165, 1.54) is 12.3 Å². The zero-order chi connectivity index (χ0) is 11.6. The third-order valence-corrected chi connectivity index (χ3v) is 1.80. The maximum absolute atomic E-state index is 11.9. The van der Waals surface area contributed by atoms with Gasteiger partial charge in [-0.15, -0.1) is 13.2 Å². The van der Waals surface area contributed by atoms with Gasteiger partial charge in [0.15, 0.2) is 11.6 Å². The molecule has 0 amide bonds. The molecule has 0 aliphatic rings. The van der Waals surface area contributed by atoms with Crippen LogP contribution in [0.25, 0.3) is 0 Å². The molecule has 1 aromatic heterocycles. The molecule has 0 bridgehead atoms. The van der Waals surface area contributed by atoms with Crippen molar-refractivity contribution in [2.45, 2.75) is 26.1 Å². The summed E-state index contributed by atoms with van der Waals surface area (Å²) in [6.45, 7) is 3.68. The number of anilines is 1. The van der Waals surface area contributed by atoms with Crippen molar-refractivity contribution in [1.29, 1.82) is 0 Å². The lowest BCUT2D eigenvalue weighted by atomic mass is 10.1. The molecule has 1 aromatic rings. The van der Waals surface area contributed by atoms with Crippen LogP contribution in [-0.2, 0) is 0 Å². The van der Waals surface area contributed by atoms with Gasteiger partial charge in [0.2, 0.25) is 0 Å². The number of nitrogens with zero attached hydrogens (tertiary/aromatic N) is 1. The number of rotatable bonds is 2. The van der Waals surface area contributed by atoms with E-state index < -0.39 is 12.1 Å². The number of pyridine rings is 1. The van der Waals surface area contributed by atoms with Crippen LogP contribution in [0.1, 0.15) is 25.3 Å². The molecule has 0 saturated carbocycles. The third-order valence-electron chi connectivity index (χ3n) is 1.80. The molecule has 0 unspecified atom stereocenters. The fourth-order valence-corrected chi connectivity index (χ4v) is 0.992. The third kappa shape index (κ3) is 3.30. The van der Waals surface area contributed by atoms with Crippen LogP contribution < -0.4 is 10.5 Å². The Hall–Kier alpha value is -1.46. The molecule has 0 aromatic carbocycles. The van der Waals surface area contributed by atoms with Crippen molar-refractivity contribution in [3.8, 4) is 5.75 Å². The summed E-state index contributed by atoms with van der Waals surface area (Å²) in [7, 11) is 0. The number of ether oxygens (including phenoxy) is 1. The van der Waals surface area contributed by atoms with Crippen molar-refractivity contribution < 1.29 is 17.9 Å². The molecular formula is C9H11F3N2O. The average Bonchev–Trinajstić information content (AvgIpc) is 2.06. The number of aromatic nitrogens is 1. The second-order valence-corrected chi connectivity index (χ2v) is 3.35. The number of nitrogen functional groups attached to an aromatic ring is 1. The molecule has 0 fully saturated rings.